The molecule has 1 heteroatoms. The lowest BCUT2D eigenvalue weighted by molar-refractivity contribution is 0.536. The van der Waals surface area contributed by atoms with Crippen molar-refractivity contribution in [3.05, 3.63) is 23.8 Å². The van der Waals surface area contributed by atoms with E-state index in [9.17, 15) is 0 Å². The van der Waals surface area contributed by atoms with Gasteiger partial charge in [0.1, 0.15) is 0 Å². The van der Waals surface area contributed by atoms with Crippen LogP contribution in [0.5, 0.6) is 0 Å². The molecule has 0 saturated heterocycles. The molecule has 0 aromatic carbocycles. The molecule has 0 aromatic heterocycles. The molecule has 0 radical (unpaired) electrons. The third-order valence-corrected chi connectivity index (χ3v) is 8.73. The second kappa shape index (κ2) is 35.9. The average Bonchev–Trinajstić information content (AvgIpc) is 2.91. The van der Waals surface area contributed by atoms with Crippen LogP contribution in [0.3, 0.4) is 0 Å². The molecule has 0 N–H and O–H groups in total. The fourth-order valence-corrected chi connectivity index (χ4v) is 5.99. The third-order valence-electron chi connectivity index (χ3n) is 7.88. The maximum atomic E-state index is 2.43. The Hall–Kier alpha value is -0.0900. The molecule has 220 valence electrons. The van der Waals surface area contributed by atoms with Crippen LogP contribution >= 0.6 is 8.58 Å². The number of hydrogen-bond donors (Lipinski definition) is 0. The Morgan fingerprint density at radius 1 is 0.297 bits per heavy atom. The van der Waals surface area contributed by atoms with Crippen LogP contribution in [0.2, 0.25) is 0 Å². The van der Waals surface area contributed by atoms with Gasteiger partial charge in [-0.1, -0.05) is 213 Å². The predicted octanol–water partition coefficient (Wildman–Crippen LogP) is 14.4. The molecule has 0 rings (SSSR count). The zero-order valence-electron chi connectivity index (χ0n) is 26.0. The summed E-state index contributed by atoms with van der Waals surface area (Å²) in [7, 11) is 0.893. The van der Waals surface area contributed by atoms with Crippen LogP contribution in [0.15, 0.2) is 23.8 Å². The summed E-state index contributed by atoms with van der Waals surface area (Å²) in [6, 6.07) is 0. The highest BCUT2D eigenvalue weighted by Gasteiger charge is 1.95. The van der Waals surface area contributed by atoms with Crippen molar-refractivity contribution in [2.75, 3.05) is 0 Å². The summed E-state index contributed by atoms with van der Waals surface area (Å²) in [5, 5.41) is 0. The lowest BCUT2D eigenvalue weighted by Crippen LogP contribution is -1.83. The molecule has 0 bridgehead atoms. The van der Waals surface area contributed by atoms with Crippen LogP contribution in [0.1, 0.15) is 206 Å². The van der Waals surface area contributed by atoms with Crippen molar-refractivity contribution in [2.45, 2.75) is 206 Å². The Kier molecular flexibility index (Phi) is 35.8. The summed E-state index contributed by atoms with van der Waals surface area (Å²) in [4.78, 5) is 0. The Morgan fingerprint density at radius 3 is 0.757 bits per heavy atom. The van der Waals surface area contributed by atoms with E-state index in [4.69, 9.17) is 0 Å². The van der Waals surface area contributed by atoms with E-state index < -0.39 is 0 Å². The van der Waals surface area contributed by atoms with Gasteiger partial charge < -0.3 is 0 Å². The molecular weight excluding hydrogens is 463 g/mol. The minimum Gasteiger partial charge on any atom is -0.0840 e. The largest absolute Gasteiger partial charge is 0.0840 e. The van der Waals surface area contributed by atoms with Crippen molar-refractivity contribution in [3.8, 4) is 0 Å². The zero-order valence-corrected chi connectivity index (χ0v) is 27.0. The van der Waals surface area contributed by atoms with E-state index in [-0.39, 0.29) is 0 Å². The van der Waals surface area contributed by atoms with Crippen molar-refractivity contribution in [1.82, 2.24) is 0 Å². The van der Waals surface area contributed by atoms with Crippen molar-refractivity contribution in [3.63, 3.8) is 0 Å². The molecule has 0 nitrogen and oxygen atoms in total. The second-order valence-corrected chi connectivity index (χ2v) is 12.7. The molecule has 0 aliphatic rings. The quantitative estimate of drug-likeness (QED) is 0.0594. The van der Waals surface area contributed by atoms with Crippen molar-refractivity contribution >= 4 is 8.58 Å². The SMILES string of the molecule is CCCCCCCCCCCCCCCC/C=C/P/C=C/CCCCCCCCCCCCCCCC. The van der Waals surface area contributed by atoms with Gasteiger partial charge >= 0.3 is 0 Å². The van der Waals surface area contributed by atoms with Crippen LogP contribution < -0.4 is 0 Å². The van der Waals surface area contributed by atoms with E-state index in [1.165, 1.54) is 193 Å². The molecule has 0 unspecified atom stereocenters. The van der Waals surface area contributed by atoms with Gasteiger partial charge in [0, 0.05) is 0 Å². The molecule has 0 aromatic rings. The molecule has 0 saturated carbocycles. The molecule has 0 amide bonds. The van der Waals surface area contributed by atoms with Gasteiger partial charge in [-0.2, -0.15) is 0 Å². The Morgan fingerprint density at radius 2 is 0.514 bits per heavy atom. The first-order chi connectivity index (χ1) is 18.4. The lowest BCUT2D eigenvalue weighted by atomic mass is 10.0. The number of rotatable bonds is 32. The molecule has 0 aliphatic carbocycles. The maximum Gasteiger partial charge on any atom is -0.0347 e. The van der Waals surface area contributed by atoms with Crippen LogP contribution in [0.25, 0.3) is 0 Å². The Bertz CT molecular complexity index is 398. The average molecular weight is 535 g/mol. The van der Waals surface area contributed by atoms with Gasteiger partial charge in [-0.05, 0) is 25.7 Å². The van der Waals surface area contributed by atoms with Gasteiger partial charge in [-0.25, -0.2) is 0 Å². The molecule has 0 fully saturated rings. The van der Waals surface area contributed by atoms with Gasteiger partial charge in [0.05, 0.1) is 0 Å². The van der Waals surface area contributed by atoms with E-state index in [0.29, 0.717) is 0 Å². The first-order valence-corrected chi connectivity index (χ1v) is 18.6. The molecule has 0 spiro atoms. The summed E-state index contributed by atoms with van der Waals surface area (Å²) in [6.45, 7) is 4.61. The summed E-state index contributed by atoms with van der Waals surface area (Å²) in [5.74, 6) is 4.81. The van der Waals surface area contributed by atoms with Gasteiger partial charge in [0.25, 0.3) is 0 Å². The summed E-state index contributed by atoms with van der Waals surface area (Å²) < 4.78 is 0. The molecular formula is C36H71P. The van der Waals surface area contributed by atoms with Gasteiger partial charge in [0.15, 0.2) is 0 Å². The smallest absolute Gasteiger partial charge is 0.0347 e. The normalized spacial score (nSPS) is 11.9. The number of allylic oxidation sites excluding steroid dienone is 2. The van der Waals surface area contributed by atoms with E-state index in [0.717, 1.165) is 8.58 Å². The van der Waals surface area contributed by atoms with Gasteiger partial charge in [-0.3, -0.25) is 0 Å². The van der Waals surface area contributed by atoms with Crippen LogP contribution in [-0.4, -0.2) is 0 Å². The molecule has 0 atom stereocenters. The number of unbranched alkanes of at least 4 members (excludes halogenated alkanes) is 28. The second-order valence-electron chi connectivity index (χ2n) is 11.7. The van der Waals surface area contributed by atoms with E-state index in [1.54, 1.807) is 0 Å². The number of hydrogen-bond acceptors (Lipinski definition) is 0. The minimum atomic E-state index is 0.893. The fourth-order valence-electron chi connectivity index (χ4n) is 5.27. The van der Waals surface area contributed by atoms with E-state index in [1.807, 2.05) is 0 Å². The monoisotopic (exact) mass is 535 g/mol. The topological polar surface area (TPSA) is 0 Å². The lowest BCUT2D eigenvalue weighted by Gasteiger charge is -2.03. The molecule has 37 heavy (non-hydrogen) atoms. The summed E-state index contributed by atoms with van der Waals surface area (Å²) in [6.07, 6.45) is 48.1. The van der Waals surface area contributed by atoms with Crippen molar-refractivity contribution in [2.24, 2.45) is 0 Å². The minimum absolute atomic E-state index is 0.893. The van der Waals surface area contributed by atoms with Gasteiger partial charge in [-0.15, -0.1) is 0 Å². The van der Waals surface area contributed by atoms with Crippen LogP contribution in [0, 0.1) is 0 Å². The van der Waals surface area contributed by atoms with Crippen molar-refractivity contribution in [1.29, 1.82) is 0 Å². The van der Waals surface area contributed by atoms with E-state index >= 15 is 0 Å². The summed E-state index contributed by atoms with van der Waals surface area (Å²) >= 11 is 0. The van der Waals surface area contributed by atoms with Crippen LogP contribution in [-0.2, 0) is 0 Å². The van der Waals surface area contributed by atoms with Crippen molar-refractivity contribution < 1.29 is 0 Å². The molecule has 0 aliphatic heterocycles. The van der Waals surface area contributed by atoms with E-state index in [2.05, 4.69) is 37.6 Å². The first kappa shape index (κ1) is 36.9. The standard InChI is InChI=1S/C36H71P/c1-3-5-7-9-11-13-15-17-19-21-23-25-27-29-31-33-35-37-36-34-32-30-28-26-24-22-20-18-16-14-12-10-8-6-4-2/h33-37H,3-32H2,1-2H3/b35-33+,36-34+. The zero-order chi connectivity index (χ0) is 26.7. The Balaban J connectivity index is 3.14. The first-order valence-electron chi connectivity index (χ1n) is 17.5. The fraction of sp³-hybridized carbons (Fsp3) is 0.889. The highest BCUT2D eigenvalue weighted by Crippen LogP contribution is 2.18. The summed E-state index contributed by atoms with van der Waals surface area (Å²) in [5.41, 5.74) is 0. The molecule has 0 heterocycles. The third kappa shape index (κ3) is 35.9. The maximum absolute atomic E-state index is 2.43. The predicted molar refractivity (Wildman–Crippen MR) is 176 cm³/mol. The van der Waals surface area contributed by atoms with Gasteiger partial charge in [0.2, 0.25) is 0 Å². The van der Waals surface area contributed by atoms with Crippen LogP contribution in [0.4, 0.5) is 0 Å². The highest BCUT2D eigenvalue weighted by atomic mass is 31.1. The highest BCUT2D eigenvalue weighted by molar-refractivity contribution is 7.45. The Labute approximate surface area is 238 Å².